The van der Waals surface area contributed by atoms with E-state index in [1.54, 1.807) is 18.0 Å². The number of benzene rings is 1. The Morgan fingerprint density at radius 2 is 2.15 bits per heavy atom. The van der Waals surface area contributed by atoms with Crippen LogP contribution in [0.1, 0.15) is 32.3 Å². The molecule has 1 saturated heterocycles. The highest BCUT2D eigenvalue weighted by molar-refractivity contribution is 5.79. The van der Waals surface area contributed by atoms with Gasteiger partial charge < -0.3 is 14.7 Å². The average Bonchev–Trinajstić information content (AvgIpc) is 2.56. The van der Waals surface area contributed by atoms with Gasteiger partial charge in [0.1, 0.15) is 11.6 Å². The first kappa shape index (κ1) is 20.6. The zero-order valence-electron chi connectivity index (χ0n) is 16.1. The number of rotatable bonds is 10. The fourth-order valence-electron chi connectivity index (χ4n) is 2.98. The second-order valence-electron chi connectivity index (χ2n) is 7.51. The predicted molar refractivity (Wildman–Crippen MR) is 99.5 cm³/mol. The summed E-state index contributed by atoms with van der Waals surface area (Å²) in [5.74, 6) is 0.935. The van der Waals surface area contributed by atoms with E-state index < -0.39 is 0 Å². The summed E-state index contributed by atoms with van der Waals surface area (Å²) < 4.78 is 19.9. The fourth-order valence-corrected chi connectivity index (χ4v) is 2.98. The Hall–Kier alpha value is -1.66. The summed E-state index contributed by atoms with van der Waals surface area (Å²) in [5.41, 5.74) is 0.626. The van der Waals surface area contributed by atoms with Gasteiger partial charge in [-0.05, 0) is 24.8 Å². The van der Waals surface area contributed by atoms with Gasteiger partial charge in [0.15, 0.2) is 0 Å². The summed E-state index contributed by atoms with van der Waals surface area (Å²) in [6, 6.07) is 5.02. The van der Waals surface area contributed by atoms with E-state index in [0.717, 1.165) is 6.42 Å². The Morgan fingerprint density at radius 3 is 2.77 bits per heavy atom. The number of aliphatic hydroxyl groups excluding tert-OH is 1. The van der Waals surface area contributed by atoms with Gasteiger partial charge in [-0.15, -0.1) is 0 Å². The lowest BCUT2D eigenvalue weighted by atomic mass is 9.97. The first-order valence-corrected chi connectivity index (χ1v) is 9.40. The molecule has 0 aromatic heterocycles. The molecule has 2 rings (SSSR count). The summed E-state index contributed by atoms with van der Waals surface area (Å²) in [4.78, 5) is 16.0. The summed E-state index contributed by atoms with van der Waals surface area (Å²) >= 11 is 0. The van der Waals surface area contributed by atoms with Crippen LogP contribution >= 0.6 is 0 Å². The van der Waals surface area contributed by atoms with Crippen molar-refractivity contribution in [3.63, 3.8) is 0 Å². The Kier molecular flexibility index (Phi) is 7.85. The maximum Gasteiger partial charge on any atom is 0.228 e. The minimum atomic E-state index is -0.262. The quantitative estimate of drug-likeness (QED) is 0.691. The molecule has 6 heteroatoms. The van der Waals surface area contributed by atoms with Crippen molar-refractivity contribution < 1.29 is 19.0 Å². The topological polar surface area (TPSA) is 53.0 Å². The third-order valence-corrected chi connectivity index (χ3v) is 4.72. The second kappa shape index (κ2) is 9.88. The predicted octanol–water partition coefficient (Wildman–Crippen LogP) is 2.52. The number of amides is 1. The SMILES string of the molecule is CC(C)CCOc1ccc(CN2CC(C(=O)N(C)CCCO)C2)c(F)c1. The molecule has 0 atom stereocenters. The largest absolute Gasteiger partial charge is 0.493 e. The molecule has 0 bridgehead atoms. The number of nitrogens with zero attached hydrogens (tertiary/aromatic N) is 2. The highest BCUT2D eigenvalue weighted by atomic mass is 19.1. The Morgan fingerprint density at radius 1 is 1.42 bits per heavy atom. The molecule has 1 heterocycles. The van der Waals surface area contributed by atoms with Gasteiger partial charge in [-0.2, -0.15) is 0 Å². The van der Waals surface area contributed by atoms with E-state index in [4.69, 9.17) is 9.84 Å². The zero-order chi connectivity index (χ0) is 19.1. The molecule has 1 aromatic rings. The van der Waals surface area contributed by atoms with Crippen LogP contribution in [0.4, 0.5) is 4.39 Å². The molecule has 0 aliphatic carbocycles. The molecule has 0 unspecified atom stereocenters. The van der Waals surface area contributed by atoms with Crippen LogP contribution in [0.15, 0.2) is 18.2 Å². The first-order chi connectivity index (χ1) is 12.4. The van der Waals surface area contributed by atoms with Crippen molar-refractivity contribution in [3.8, 4) is 5.75 Å². The normalized spacial score (nSPS) is 15.2. The standard InChI is InChI=1S/C20H31FN2O3/c1-15(2)7-10-26-18-6-5-16(19(21)11-18)12-23-13-17(14-23)20(25)22(3)8-4-9-24/h5-6,11,15,17,24H,4,7-10,12-14H2,1-3H3. The molecule has 0 saturated carbocycles. The van der Waals surface area contributed by atoms with E-state index in [9.17, 15) is 9.18 Å². The van der Waals surface area contributed by atoms with Crippen molar-refractivity contribution in [1.82, 2.24) is 9.80 Å². The van der Waals surface area contributed by atoms with Crippen molar-refractivity contribution in [2.45, 2.75) is 33.2 Å². The van der Waals surface area contributed by atoms with E-state index in [0.29, 0.717) is 56.4 Å². The number of carbonyl (C=O) groups excluding carboxylic acids is 1. The average molecular weight is 366 g/mol. The van der Waals surface area contributed by atoms with Crippen molar-refractivity contribution in [2.75, 3.05) is 39.9 Å². The van der Waals surface area contributed by atoms with Crippen LogP contribution in [0.2, 0.25) is 0 Å². The first-order valence-electron chi connectivity index (χ1n) is 9.40. The monoisotopic (exact) mass is 366 g/mol. The lowest BCUT2D eigenvalue weighted by Crippen LogP contribution is -2.53. The molecule has 0 spiro atoms. The highest BCUT2D eigenvalue weighted by Gasteiger charge is 2.34. The summed E-state index contributed by atoms with van der Waals surface area (Å²) in [7, 11) is 1.76. The Bertz CT molecular complexity index is 588. The lowest BCUT2D eigenvalue weighted by molar-refractivity contribution is -0.140. The number of hydrogen-bond acceptors (Lipinski definition) is 4. The van der Waals surface area contributed by atoms with Crippen LogP contribution < -0.4 is 4.74 Å². The van der Waals surface area contributed by atoms with Crippen molar-refractivity contribution in [1.29, 1.82) is 0 Å². The lowest BCUT2D eigenvalue weighted by Gasteiger charge is -2.40. The molecule has 1 aliphatic rings. The molecule has 1 aliphatic heterocycles. The smallest absolute Gasteiger partial charge is 0.228 e. The molecular weight excluding hydrogens is 335 g/mol. The number of aliphatic hydroxyl groups is 1. The van der Waals surface area contributed by atoms with E-state index in [1.165, 1.54) is 6.07 Å². The van der Waals surface area contributed by atoms with Crippen molar-refractivity contribution in [2.24, 2.45) is 11.8 Å². The van der Waals surface area contributed by atoms with Gasteiger partial charge in [0.05, 0.1) is 12.5 Å². The van der Waals surface area contributed by atoms with Crippen molar-refractivity contribution in [3.05, 3.63) is 29.6 Å². The maximum absolute atomic E-state index is 14.3. The van der Waals surface area contributed by atoms with Gasteiger partial charge in [0.25, 0.3) is 0 Å². The molecule has 5 nitrogen and oxygen atoms in total. The van der Waals surface area contributed by atoms with Crippen LogP contribution in [0.25, 0.3) is 0 Å². The number of halogens is 1. The molecular formula is C20H31FN2O3. The number of hydrogen-bond donors (Lipinski definition) is 1. The molecule has 1 fully saturated rings. The number of ether oxygens (including phenoxy) is 1. The van der Waals surface area contributed by atoms with Gasteiger partial charge >= 0.3 is 0 Å². The molecule has 1 aromatic carbocycles. The van der Waals surface area contributed by atoms with Crippen LogP contribution in [0, 0.1) is 17.7 Å². The third-order valence-electron chi connectivity index (χ3n) is 4.72. The van der Waals surface area contributed by atoms with Crippen LogP contribution in [0.5, 0.6) is 5.75 Å². The van der Waals surface area contributed by atoms with Gasteiger partial charge in [0, 0.05) is 51.5 Å². The number of likely N-dealkylation sites (tertiary alicyclic amines) is 1. The van der Waals surface area contributed by atoms with Gasteiger partial charge in [0.2, 0.25) is 5.91 Å². The Labute approximate surface area is 155 Å². The molecule has 1 amide bonds. The molecule has 26 heavy (non-hydrogen) atoms. The van der Waals surface area contributed by atoms with Gasteiger partial charge in [-0.1, -0.05) is 19.9 Å². The highest BCUT2D eigenvalue weighted by Crippen LogP contribution is 2.24. The summed E-state index contributed by atoms with van der Waals surface area (Å²) in [6.45, 7) is 7.30. The summed E-state index contributed by atoms with van der Waals surface area (Å²) in [5, 5.41) is 8.84. The minimum Gasteiger partial charge on any atom is -0.493 e. The van der Waals surface area contributed by atoms with Crippen molar-refractivity contribution >= 4 is 5.91 Å². The number of carbonyl (C=O) groups is 1. The minimum absolute atomic E-state index is 0.0274. The maximum atomic E-state index is 14.3. The van der Waals surface area contributed by atoms with E-state index in [2.05, 4.69) is 18.7 Å². The molecule has 0 radical (unpaired) electrons. The fraction of sp³-hybridized carbons (Fsp3) is 0.650. The van der Waals surface area contributed by atoms with Gasteiger partial charge in [-0.25, -0.2) is 4.39 Å². The van der Waals surface area contributed by atoms with Gasteiger partial charge in [-0.3, -0.25) is 9.69 Å². The van der Waals surface area contributed by atoms with Crippen LogP contribution in [-0.4, -0.2) is 60.7 Å². The molecule has 146 valence electrons. The zero-order valence-corrected chi connectivity index (χ0v) is 16.1. The summed E-state index contributed by atoms with van der Waals surface area (Å²) in [6.07, 6.45) is 1.54. The van der Waals surface area contributed by atoms with E-state index in [-0.39, 0.29) is 24.2 Å². The van der Waals surface area contributed by atoms with E-state index >= 15 is 0 Å². The second-order valence-corrected chi connectivity index (χ2v) is 7.51. The van der Waals surface area contributed by atoms with E-state index in [1.807, 2.05) is 6.07 Å². The Balaban J connectivity index is 1.77. The van der Waals surface area contributed by atoms with Crippen LogP contribution in [-0.2, 0) is 11.3 Å². The molecule has 1 N–H and O–H groups in total. The van der Waals surface area contributed by atoms with Crippen LogP contribution in [0.3, 0.4) is 0 Å². The third kappa shape index (κ3) is 5.95.